The second kappa shape index (κ2) is 4.96. The van der Waals surface area contributed by atoms with Gasteiger partial charge >= 0.3 is 5.97 Å². The van der Waals surface area contributed by atoms with E-state index in [1.54, 1.807) is 6.33 Å². The van der Waals surface area contributed by atoms with Gasteiger partial charge in [0, 0.05) is 11.3 Å². The third-order valence-corrected chi connectivity index (χ3v) is 2.83. The lowest BCUT2D eigenvalue weighted by Crippen LogP contribution is -2.12. The Kier molecular flexibility index (Phi) is 3.00. The molecule has 3 aromatic rings. The predicted octanol–water partition coefficient (Wildman–Crippen LogP) is 1.52. The van der Waals surface area contributed by atoms with Crippen LogP contribution >= 0.6 is 0 Å². The molecule has 7 heteroatoms. The molecule has 0 saturated carbocycles. The van der Waals surface area contributed by atoms with Gasteiger partial charge in [-0.25, -0.2) is 15.0 Å². The fourth-order valence-electron chi connectivity index (χ4n) is 1.91. The van der Waals surface area contributed by atoms with Crippen molar-refractivity contribution >= 4 is 22.8 Å². The maximum atomic E-state index is 10.5. The Morgan fingerprint density at radius 2 is 2.00 bits per heavy atom. The molecule has 0 radical (unpaired) electrons. The van der Waals surface area contributed by atoms with Crippen LogP contribution in [-0.4, -0.2) is 37.6 Å². The number of anilines is 1. The quantitative estimate of drug-likeness (QED) is 0.663. The molecule has 100 valence electrons. The molecule has 0 fully saturated rings. The second-order valence-corrected chi connectivity index (χ2v) is 4.15. The van der Waals surface area contributed by atoms with Crippen molar-refractivity contribution in [1.82, 2.24) is 19.9 Å². The Morgan fingerprint density at radius 3 is 2.75 bits per heavy atom. The Morgan fingerprint density at radius 1 is 1.20 bits per heavy atom. The van der Waals surface area contributed by atoms with Gasteiger partial charge in [0.25, 0.3) is 0 Å². The van der Waals surface area contributed by atoms with Crippen molar-refractivity contribution < 1.29 is 9.90 Å². The number of fused-ring (bicyclic) bond motifs is 1. The highest BCUT2D eigenvalue weighted by atomic mass is 16.4. The number of imidazole rings is 1. The van der Waals surface area contributed by atoms with Crippen LogP contribution in [0.4, 0.5) is 5.69 Å². The molecule has 0 spiro atoms. The maximum Gasteiger partial charge on any atom is 0.322 e. The van der Waals surface area contributed by atoms with Crippen LogP contribution in [0.25, 0.3) is 22.4 Å². The summed E-state index contributed by atoms with van der Waals surface area (Å²) in [7, 11) is 0. The molecule has 0 aliphatic heterocycles. The van der Waals surface area contributed by atoms with Crippen molar-refractivity contribution in [3.63, 3.8) is 0 Å². The second-order valence-electron chi connectivity index (χ2n) is 4.15. The number of nitrogens with zero attached hydrogens (tertiary/aromatic N) is 3. The van der Waals surface area contributed by atoms with E-state index in [-0.39, 0.29) is 6.54 Å². The third-order valence-electron chi connectivity index (χ3n) is 2.83. The summed E-state index contributed by atoms with van der Waals surface area (Å²) in [5.41, 5.74) is 3.80. The maximum absolute atomic E-state index is 10.5. The summed E-state index contributed by atoms with van der Waals surface area (Å²) in [4.78, 5) is 25.9. The number of H-pyrrole nitrogens is 1. The summed E-state index contributed by atoms with van der Waals surface area (Å²) in [6.07, 6.45) is 3.04. The van der Waals surface area contributed by atoms with Crippen LogP contribution in [0, 0.1) is 0 Å². The van der Waals surface area contributed by atoms with Crippen molar-refractivity contribution in [2.45, 2.75) is 0 Å². The van der Waals surface area contributed by atoms with Gasteiger partial charge < -0.3 is 15.4 Å². The topological polar surface area (TPSA) is 104 Å². The number of carbonyl (C=O) groups is 1. The van der Waals surface area contributed by atoms with E-state index in [0.29, 0.717) is 5.65 Å². The third kappa shape index (κ3) is 2.28. The van der Waals surface area contributed by atoms with Gasteiger partial charge in [-0.2, -0.15) is 0 Å². The van der Waals surface area contributed by atoms with Gasteiger partial charge in [0.2, 0.25) is 0 Å². The van der Waals surface area contributed by atoms with Gasteiger partial charge in [-0.1, -0.05) is 12.1 Å². The summed E-state index contributed by atoms with van der Waals surface area (Å²) in [6.45, 7) is -0.113. The number of nitrogens with one attached hydrogen (secondary N) is 2. The Balaban J connectivity index is 1.91. The molecular weight excluding hydrogens is 258 g/mol. The van der Waals surface area contributed by atoms with Crippen LogP contribution < -0.4 is 5.32 Å². The first-order valence-corrected chi connectivity index (χ1v) is 5.94. The van der Waals surface area contributed by atoms with Crippen molar-refractivity contribution in [2.75, 3.05) is 11.9 Å². The first kappa shape index (κ1) is 12.1. The van der Waals surface area contributed by atoms with Crippen LogP contribution in [0.15, 0.2) is 36.9 Å². The zero-order valence-electron chi connectivity index (χ0n) is 10.4. The van der Waals surface area contributed by atoms with Crippen molar-refractivity contribution in [1.29, 1.82) is 0 Å². The Bertz CT molecular complexity index is 751. The lowest BCUT2D eigenvalue weighted by molar-refractivity contribution is -0.134. The SMILES string of the molecule is O=C(O)CNc1ccc(-c2ncnc3nc[nH]c23)cc1. The van der Waals surface area contributed by atoms with E-state index in [1.165, 1.54) is 6.33 Å². The van der Waals surface area contributed by atoms with E-state index in [1.807, 2.05) is 24.3 Å². The van der Waals surface area contributed by atoms with E-state index < -0.39 is 5.97 Å². The minimum absolute atomic E-state index is 0.113. The molecule has 0 amide bonds. The number of aromatic nitrogens is 4. The fourth-order valence-corrected chi connectivity index (χ4v) is 1.91. The lowest BCUT2D eigenvalue weighted by Gasteiger charge is -2.05. The van der Waals surface area contributed by atoms with Crippen LogP contribution in [0.5, 0.6) is 0 Å². The van der Waals surface area contributed by atoms with Gasteiger partial charge in [-0.05, 0) is 12.1 Å². The number of aliphatic carboxylic acids is 1. The number of hydrogen-bond donors (Lipinski definition) is 3. The molecule has 0 saturated heterocycles. The van der Waals surface area contributed by atoms with Gasteiger partial charge in [-0.3, -0.25) is 4.79 Å². The summed E-state index contributed by atoms with van der Waals surface area (Å²) in [6, 6.07) is 7.35. The van der Waals surface area contributed by atoms with Crippen molar-refractivity contribution in [3.8, 4) is 11.3 Å². The zero-order valence-corrected chi connectivity index (χ0v) is 10.4. The number of rotatable bonds is 4. The molecule has 0 aliphatic rings. The van der Waals surface area contributed by atoms with Crippen LogP contribution in [0.3, 0.4) is 0 Å². The average molecular weight is 269 g/mol. The average Bonchev–Trinajstić information content (AvgIpc) is 2.94. The molecule has 0 atom stereocenters. The number of carboxylic acids is 1. The number of aromatic amines is 1. The minimum Gasteiger partial charge on any atom is -0.480 e. The summed E-state index contributed by atoms with van der Waals surface area (Å²) < 4.78 is 0. The Hall–Kier alpha value is -2.96. The first-order valence-electron chi connectivity index (χ1n) is 5.94. The van der Waals surface area contributed by atoms with Crippen LogP contribution in [-0.2, 0) is 4.79 Å². The standard InChI is InChI=1S/C13H11N5O2/c19-10(20)5-14-9-3-1-8(2-4-9)11-12-13(17-6-15-11)18-7-16-12/h1-4,6-7,14H,5H2,(H,19,20)(H,15,16,17,18). The minimum atomic E-state index is -0.899. The highest BCUT2D eigenvalue weighted by molar-refractivity contribution is 5.86. The lowest BCUT2D eigenvalue weighted by atomic mass is 10.1. The fraction of sp³-hybridized carbons (Fsp3) is 0.0769. The molecular formula is C13H11N5O2. The molecule has 2 heterocycles. The number of benzene rings is 1. The molecule has 3 rings (SSSR count). The molecule has 0 unspecified atom stereocenters. The van der Waals surface area contributed by atoms with E-state index in [2.05, 4.69) is 25.3 Å². The smallest absolute Gasteiger partial charge is 0.322 e. The summed E-state index contributed by atoms with van der Waals surface area (Å²) in [5, 5.41) is 11.4. The van der Waals surface area contributed by atoms with Gasteiger partial charge in [0.15, 0.2) is 5.65 Å². The van der Waals surface area contributed by atoms with Gasteiger partial charge in [0.05, 0.1) is 12.0 Å². The van der Waals surface area contributed by atoms with E-state index in [4.69, 9.17) is 5.11 Å². The molecule has 7 nitrogen and oxygen atoms in total. The zero-order chi connectivity index (χ0) is 13.9. The van der Waals surface area contributed by atoms with Crippen molar-refractivity contribution in [2.24, 2.45) is 0 Å². The highest BCUT2D eigenvalue weighted by Gasteiger charge is 2.08. The van der Waals surface area contributed by atoms with Crippen molar-refractivity contribution in [3.05, 3.63) is 36.9 Å². The summed E-state index contributed by atoms with van der Waals surface area (Å²) >= 11 is 0. The van der Waals surface area contributed by atoms with E-state index in [9.17, 15) is 4.79 Å². The Labute approximate surface area is 113 Å². The summed E-state index contributed by atoms with van der Waals surface area (Å²) in [5.74, 6) is -0.899. The van der Waals surface area contributed by atoms with E-state index in [0.717, 1.165) is 22.5 Å². The van der Waals surface area contributed by atoms with Crippen LogP contribution in [0.1, 0.15) is 0 Å². The first-order chi connectivity index (χ1) is 9.74. The highest BCUT2D eigenvalue weighted by Crippen LogP contribution is 2.24. The van der Waals surface area contributed by atoms with E-state index >= 15 is 0 Å². The molecule has 1 aromatic carbocycles. The van der Waals surface area contributed by atoms with Gasteiger partial charge in [0.1, 0.15) is 18.4 Å². The molecule has 2 aromatic heterocycles. The predicted molar refractivity (Wildman–Crippen MR) is 73.2 cm³/mol. The van der Waals surface area contributed by atoms with Gasteiger partial charge in [-0.15, -0.1) is 0 Å². The molecule has 0 aliphatic carbocycles. The van der Waals surface area contributed by atoms with Crippen LogP contribution in [0.2, 0.25) is 0 Å². The largest absolute Gasteiger partial charge is 0.480 e. The number of hydrogen-bond acceptors (Lipinski definition) is 5. The number of carboxylic acid groups (broad SMARTS) is 1. The molecule has 3 N–H and O–H groups in total. The monoisotopic (exact) mass is 269 g/mol. The normalized spacial score (nSPS) is 10.6. The molecule has 20 heavy (non-hydrogen) atoms. The molecule has 0 bridgehead atoms.